The van der Waals surface area contributed by atoms with E-state index in [1.54, 1.807) is 41.5 Å². The molecular formula is C22H32N2O8. The van der Waals surface area contributed by atoms with Crippen molar-refractivity contribution < 1.29 is 38.1 Å². The summed E-state index contributed by atoms with van der Waals surface area (Å²) in [5.41, 5.74) is -1.98. The van der Waals surface area contributed by atoms with Gasteiger partial charge in [-0.15, -0.1) is 0 Å². The van der Waals surface area contributed by atoms with Gasteiger partial charge < -0.3 is 18.9 Å². The molecule has 0 fully saturated rings. The number of ether oxygens (including phenoxy) is 4. The van der Waals surface area contributed by atoms with E-state index in [1.807, 2.05) is 0 Å². The number of rotatable bonds is 5. The number of methoxy groups -OCH3 is 2. The van der Waals surface area contributed by atoms with Crippen LogP contribution in [0.4, 0.5) is 9.59 Å². The van der Waals surface area contributed by atoms with E-state index in [9.17, 15) is 19.2 Å². The number of nitrogens with one attached hydrogen (secondary N) is 1. The molecule has 2 amide bonds. The van der Waals surface area contributed by atoms with Gasteiger partial charge in [-0.3, -0.25) is 4.79 Å². The van der Waals surface area contributed by atoms with Crippen LogP contribution in [0.25, 0.3) is 0 Å². The molecule has 1 rings (SSSR count). The smallest absolute Gasteiger partial charge is 0.430 e. The second-order valence-corrected chi connectivity index (χ2v) is 9.05. The third-order valence-corrected chi connectivity index (χ3v) is 4.00. The van der Waals surface area contributed by atoms with Gasteiger partial charge >= 0.3 is 18.2 Å². The van der Waals surface area contributed by atoms with Gasteiger partial charge in [0.15, 0.2) is 0 Å². The minimum absolute atomic E-state index is 0.0678. The first-order valence-corrected chi connectivity index (χ1v) is 9.85. The molecule has 32 heavy (non-hydrogen) atoms. The van der Waals surface area contributed by atoms with E-state index >= 15 is 0 Å². The topological polar surface area (TPSA) is 120 Å². The van der Waals surface area contributed by atoms with Gasteiger partial charge in [0, 0.05) is 5.56 Å². The summed E-state index contributed by atoms with van der Waals surface area (Å²) in [6.45, 7) is 10.8. The van der Waals surface area contributed by atoms with Gasteiger partial charge in [0.05, 0.1) is 14.2 Å². The van der Waals surface area contributed by atoms with Crippen LogP contribution in [0.15, 0.2) is 24.3 Å². The number of benzene rings is 1. The lowest BCUT2D eigenvalue weighted by atomic mass is 9.90. The highest BCUT2D eigenvalue weighted by molar-refractivity contribution is 6.17. The molecule has 0 bridgehead atoms. The molecule has 0 aliphatic heterocycles. The van der Waals surface area contributed by atoms with E-state index < -0.39 is 40.7 Å². The second kappa shape index (κ2) is 9.88. The molecule has 0 aliphatic rings. The molecule has 1 atom stereocenters. The predicted octanol–water partition coefficient (Wildman–Crippen LogP) is 3.49. The Morgan fingerprint density at radius 3 is 1.72 bits per heavy atom. The van der Waals surface area contributed by atoms with Crippen LogP contribution >= 0.6 is 0 Å². The third kappa shape index (κ3) is 6.86. The van der Waals surface area contributed by atoms with Crippen LogP contribution in [0.5, 0.6) is 5.75 Å². The molecule has 0 saturated heterocycles. The summed E-state index contributed by atoms with van der Waals surface area (Å²) in [6.07, 6.45) is -2.22. The number of nitrogens with zero attached hydrogens (tertiary/aromatic N) is 1. The van der Waals surface area contributed by atoms with Crippen LogP contribution in [0, 0.1) is 0 Å². The van der Waals surface area contributed by atoms with Gasteiger partial charge in [-0.05, 0) is 72.7 Å². The zero-order valence-corrected chi connectivity index (χ0v) is 20.0. The van der Waals surface area contributed by atoms with Crippen LogP contribution < -0.4 is 10.2 Å². The maximum Gasteiger partial charge on any atom is 0.430 e. The minimum atomic E-state index is -2.32. The monoisotopic (exact) mass is 452 g/mol. The number of hydrogen-bond donors (Lipinski definition) is 1. The first-order valence-electron chi connectivity index (χ1n) is 9.85. The van der Waals surface area contributed by atoms with E-state index in [4.69, 9.17) is 18.9 Å². The van der Waals surface area contributed by atoms with Crippen LogP contribution in [-0.2, 0) is 19.0 Å². The van der Waals surface area contributed by atoms with E-state index in [0.717, 1.165) is 14.0 Å². The van der Waals surface area contributed by atoms with Crippen LogP contribution in [0.2, 0.25) is 0 Å². The Bertz CT molecular complexity index is 852. The highest BCUT2D eigenvalue weighted by Gasteiger charge is 2.53. The van der Waals surface area contributed by atoms with E-state index in [-0.39, 0.29) is 5.56 Å². The van der Waals surface area contributed by atoms with Crippen molar-refractivity contribution in [3.8, 4) is 5.75 Å². The molecule has 0 spiro atoms. The lowest BCUT2D eigenvalue weighted by Crippen LogP contribution is -2.67. The fraction of sp³-hybridized carbons (Fsp3) is 0.545. The first-order chi connectivity index (χ1) is 14.5. The molecule has 1 aromatic carbocycles. The van der Waals surface area contributed by atoms with Crippen molar-refractivity contribution in [1.82, 2.24) is 10.4 Å². The van der Waals surface area contributed by atoms with Gasteiger partial charge in [0.2, 0.25) is 11.3 Å². The summed E-state index contributed by atoms with van der Waals surface area (Å²) in [5.74, 6) is -1.44. The highest BCUT2D eigenvalue weighted by atomic mass is 16.6. The van der Waals surface area contributed by atoms with Crippen molar-refractivity contribution in [3.05, 3.63) is 29.8 Å². The third-order valence-electron chi connectivity index (χ3n) is 4.00. The summed E-state index contributed by atoms with van der Waals surface area (Å²) in [4.78, 5) is 51.8. The van der Waals surface area contributed by atoms with Crippen molar-refractivity contribution in [2.45, 2.75) is 65.2 Å². The molecular weight excluding hydrogens is 420 g/mol. The van der Waals surface area contributed by atoms with E-state index in [0.29, 0.717) is 10.8 Å². The Morgan fingerprint density at radius 1 is 0.812 bits per heavy atom. The van der Waals surface area contributed by atoms with Crippen LogP contribution in [0.1, 0.15) is 58.8 Å². The van der Waals surface area contributed by atoms with Gasteiger partial charge in [0.25, 0.3) is 0 Å². The van der Waals surface area contributed by atoms with Crippen molar-refractivity contribution in [1.29, 1.82) is 0 Å². The lowest BCUT2D eigenvalue weighted by Gasteiger charge is -2.38. The number of amides is 2. The summed E-state index contributed by atoms with van der Waals surface area (Å²) < 4.78 is 20.4. The van der Waals surface area contributed by atoms with Gasteiger partial charge in [-0.25, -0.2) is 19.8 Å². The molecule has 1 aromatic rings. The van der Waals surface area contributed by atoms with Crippen molar-refractivity contribution in [2.75, 3.05) is 14.2 Å². The average molecular weight is 453 g/mol. The van der Waals surface area contributed by atoms with Crippen LogP contribution in [-0.4, -0.2) is 59.9 Å². The summed E-state index contributed by atoms with van der Waals surface area (Å²) in [7, 11) is 2.52. The highest BCUT2D eigenvalue weighted by Crippen LogP contribution is 2.26. The molecule has 1 N–H and O–H groups in total. The number of ketones is 1. The zero-order valence-electron chi connectivity index (χ0n) is 20.0. The second-order valence-electron chi connectivity index (χ2n) is 9.05. The van der Waals surface area contributed by atoms with Gasteiger partial charge in [-0.1, -0.05) is 0 Å². The zero-order chi connectivity index (χ0) is 24.9. The first kappa shape index (κ1) is 26.7. The number of hydrazine groups is 1. The Morgan fingerprint density at radius 2 is 1.31 bits per heavy atom. The number of Topliss-reactive ketones (excluding diaryl/α,β-unsaturated/α-hetero) is 1. The SMILES string of the molecule is COC(=O)[C@](C)(C(=O)c1ccc(OC)cc1)N(NC(=O)OC(C)(C)C)C(=O)OC(C)(C)C. The predicted molar refractivity (Wildman–Crippen MR) is 115 cm³/mol. The molecule has 10 nitrogen and oxygen atoms in total. The summed E-state index contributed by atoms with van der Waals surface area (Å²) in [6, 6.07) is 5.88. The van der Waals surface area contributed by atoms with Crippen molar-refractivity contribution in [3.63, 3.8) is 0 Å². The quantitative estimate of drug-likeness (QED) is 0.237. The normalized spacial score (nSPS) is 13.3. The molecule has 10 heteroatoms. The van der Waals surface area contributed by atoms with Gasteiger partial charge in [-0.2, -0.15) is 5.01 Å². The summed E-state index contributed by atoms with van der Waals surface area (Å²) in [5, 5.41) is 0.491. The maximum absolute atomic E-state index is 13.5. The summed E-state index contributed by atoms with van der Waals surface area (Å²) >= 11 is 0. The fourth-order valence-corrected chi connectivity index (χ4v) is 2.55. The number of esters is 1. The van der Waals surface area contributed by atoms with Crippen LogP contribution in [0.3, 0.4) is 0 Å². The molecule has 178 valence electrons. The number of carbonyl (C=O) groups is 4. The van der Waals surface area contributed by atoms with Crippen molar-refractivity contribution >= 4 is 23.9 Å². The number of carbonyl (C=O) groups excluding carboxylic acids is 4. The Kier molecular flexibility index (Phi) is 8.26. The average Bonchev–Trinajstić information content (AvgIpc) is 2.67. The molecule has 0 saturated carbocycles. The fourth-order valence-electron chi connectivity index (χ4n) is 2.55. The molecule has 0 aromatic heterocycles. The Balaban J connectivity index is 3.54. The Hall–Kier alpha value is -3.30. The molecule has 0 aliphatic carbocycles. The standard InChI is InChI=1S/C22H32N2O8/c1-20(2,3)31-18(27)23-24(19(28)32-21(4,5)6)22(7,17(26)30-9)16(25)14-10-12-15(29-8)13-11-14/h10-13H,1-9H3,(H,23,27)/t22-/m0/s1. The lowest BCUT2D eigenvalue weighted by molar-refractivity contribution is -0.152. The number of hydrogen-bond acceptors (Lipinski definition) is 8. The Labute approximate surface area is 188 Å². The van der Waals surface area contributed by atoms with Crippen molar-refractivity contribution in [2.24, 2.45) is 0 Å². The largest absolute Gasteiger partial charge is 0.497 e. The van der Waals surface area contributed by atoms with E-state index in [1.165, 1.54) is 31.4 Å². The molecule has 0 heterocycles. The maximum atomic E-state index is 13.5. The minimum Gasteiger partial charge on any atom is -0.497 e. The van der Waals surface area contributed by atoms with Gasteiger partial charge in [0.1, 0.15) is 17.0 Å². The molecule has 0 radical (unpaired) electrons. The van der Waals surface area contributed by atoms with E-state index in [2.05, 4.69) is 5.43 Å². The molecule has 0 unspecified atom stereocenters.